The van der Waals surface area contributed by atoms with E-state index in [4.69, 9.17) is 9.47 Å². The van der Waals surface area contributed by atoms with E-state index in [1.807, 2.05) is 0 Å². The summed E-state index contributed by atoms with van der Waals surface area (Å²) in [5, 5.41) is 4.37. The van der Waals surface area contributed by atoms with Crippen molar-refractivity contribution in [2.75, 3.05) is 20.8 Å². The molecule has 1 aliphatic heterocycles. The molecular weight excluding hydrogens is 372 g/mol. The van der Waals surface area contributed by atoms with Crippen molar-refractivity contribution in [3.63, 3.8) is 0 Å². The largest absolute Gasteiger partial charge is 0.497 e. The molecule has 1 saturated carbocycles. The maximum atomic E-state index is 13.2. The van der Waals surface area contributed by atoms with Crippen LogP contribution in [0.1, 0.15) is 18.7 Å². The number of hydrogen-bond donors (Lipinski definition) is 0. The maximum Gasteiger partial charge on any atom is 0.346 e. The van der Waals surface area contributed by atoms with E-state index in [-0.39, 0.29) is 36.0 Å². The third kappa shape index (κ3) is 3.23. The van der Waals surface area contributed by atoms with E-state index < -0.39 is 10.0 Å². The molecule has 0 amide bonds. The van der Waals surface area contributed by atoms with Crippen LogP contribution in [0.5, 0.6) is 11.5 Å². The number of rotatable bonds is 6. The highest BCUT2D eigenvalue weighted by Gasteiger charge is 2.34. The molecule has 2 heterocycles. The molecule has 10 heteroatoms. The molecule has 1 aliphatic carbocycles. The van der Waals surface area contributed by atoms with Crippen LogP contribution in [0.15, 0.2) is 27.9 Å². The van der Waals surface area contributed by atoms with Gasteiger partial charge in [-0.2, -0.15) is 9.40 Å². The van der Waals surface area contributed by atoms with Gasteiger partial charge in [0.15, 0.2) is 0 Å². The Kier molecular flexibility index (Phi) is 4.47. The van der Waals surface area contributed by atoms with Gasteiger partial charge in [-0.05, 0) is 30.9 Å². The number of aromatic nitrogens is 3. The lowest BCUT2D eigenvalue weighted by molar-refractivity contribution is 0.329. The van der Waals surface area contributed by atoms with Crippen LogP contribution in [0.3, 0.4) is 0 Å². The van der Waals surface area contributed by atoms with Crippen molar-refractivity contribution >= 4 is 10.0 Å². The second-order valence-electron chi connectivity index (χ2n) is 6.83. The van der Waals surface area contributed by atoms with Crippen molar-refractivity contribution in [1.29, 1.82) is 0 Å². The third-order valence-electron chi connectivity index (χ3n) is 5.01. The summed E-state index contributed by atoms with van der Waals surface area (Å²) in [4.78, 5) is 12.5. The number of fused-ring (bicyclic) bond motifs is 1. The Bertz CT molecular complexity index is 1020. The Balaban J connectivity index is 1.66. The fourth-order valence-corrected chi connectivity index (χ4v) is 4.83. The van der Waals surface area contributed by atoms with Crippen molar-refractivity contribution in [3.8, 4) is 11.5 Å². The van der Waals surface area contributed by atoms with Gasteiger partial charge in [0, 0.05) is 25.7 Å². The highest BCUT2D eigenvalue weighted by Crippen LogP contribution is 2.32. The van der Waals surface area contributed by atoms with Gasteiger partial charge in [0.05, 0.1) is 20.8 Å². The second-order valence-corrected chi connectivity index (χ2v) is 8.74. The Hall–Kier alpha value is -2.33. The van der Waals surface area contributed by atoms with Crippen molar-refractivity contribution in [1.82, 2.24) is 18.7 Å². The lowest BCUT2D eigenvalue weighted by Gasteiger charge is -2.26. The molecule has 9 nitrogen and oxygen atoms in total. The first kappa shape index (κ1) is 18.1. The Morgan fingerprint density at radius 1 is 1.19 bits per heavy atom. The van der Waals surface area contributed by atoms with E-state index in [1.165, 1.54) is 29.3 Å². The molecule has 1 aromatic heterocycles. The summed E-state index contributed by atoms with van der Waals surface area (Å²) in [7, 11) is -0.929. The van der Waals surface area contributed by atoms with Gasteiger partial charge in [-0.15, -0.1) is 0 Å². The SMILES string of the molecule is COc1ccc(OC)c(S(=O)(=O)N2CCn3c(nn(CC4CC4)c3=O)C2)c1. The van der Waals surface area contributed by atoms with E-state index in [1.54, 1.807) is 16.7 Å². The smallest absolute Gasteiger partial charge is 0.346 e. The predicted molar refractivity (Wildman–Crippen MR) is 96.4 cm³/mol. The molecule has 0 atom stereocenters. The Morgan fingerprint density at radius 2 is 1.96 bits per heavy atom. The number of sulfonamides is 1. The van der Waals surface area contributed by atoms with Crippen LogP contribution >= 0.6 is 0 Å². The van der Waals surface area contributed by atoms with Crippen LogP contribution in [0.25, 0.3) is 0 Å². The molecule has 4 rings (SSSR count). The topological polar surface area (TPSA) is 95.7 Å². The van der Waals surface area contributed by atoms with Crippen LogP contribution in [-0.4, -0.2) is 47.8 Å². The number of methoxy groups -OCH3 is 2. The van der Waals surface area contributed by atoms with Gasteiger partial charge in [-0.3, -0.25) is 4.57 Å². The van der Waals surface area contributed by atoms with Crippen LogP contribution in [0.2, 0.25) is 0 Å². The fourth-order valence-electron chi connectivity index (χ4n) is 3.27. The van der Waals surface area contributed by atoms with Gasteiger partial charge in [0.25, 0.3) is 0 Å². The first-order valence-corrected chi connectivity index (χ1v) is 10.3. The highest BCUT2D eigenvalue weighted by atomic mass is 32.2. The minimum Gasteiger partial charge on any atom is -0.497 e. The monoisotopic (exact) mass is 394 g/mol. The summed E-state index contributed by atoms with van der Waals surface area (Å²) >= 11 is 0. The predicted octanol–water partition coefficient (Wildman–Crippen LogP) is 0.676. The summed E-state index contributed by atoms with van der Waals surface area (Å²) in [6.07, 6.45) is 2.23. The molecule has 0 saturated heterocycles. The molecular formula is C17H22N4O5S. The molecule has 27 heavy (non-hydrogen) atoms. The zero-order chi connectivity index (χ0) is 19.2. The Labute approximate surface area is 157 Å². The van der Waals surface area contributed by atoms with Gasteiger partial charge in [-0.25, -0.2) is 17.9 Å². The maximum absolute atomic E-state index is 13.2. The average molecular weight is 394 g/mol. The summed E-state index contributed by atoms with van der Waals surface area (Å²) in [5.41, 5.74) is -0.159. The first-order chi connectivity index (χ1) is 12.9. The van der Waals surface area contributed by atoms with Crippen LogP contribution in [0, 0.1) is 5.92 Å². The van der Waals surface area contributed by atoms with Crippen LogP contribution < -0.4 is 15.2 Å². The molecule has 146 valence electrons. The average Bonchev–Trinajstić information content (AvgIpc) is 3.44. The third-order valence-corrected chi connectivity index (χ3v) is 6.87. The zero-order valence-electron chi connectivity index (χ0n) is 15.3. The standard InChI is InChI=1S/C17H22N4O5S/c1-25-13-5-6-14(26-2)15(9-13)27(23,24)19-7-8-20-16(11-19)18-21(17(20)22)10-12-3-4-12/h5-6,9,12H,3-4,7-8,10-11H2,1-2H3. The number of benzene rings is 1. The molecule has 1 aromatic carbocycles. The van der Waals surface area contributed by atoms with Gasteiger partial charge in [0.2, 0.25) is 10.0 Å². The van der Waals surface area contributed by atoms with Crippen molar-refractivity contribution in [3.05, 3.63) is 34.5 Å². The van der Waals surface area contributed by atoms with Gasteiger partial charge >= 0.3 is 5.69 Å². The minimum atomic E-state index is -3.83. The molecule has 0 spiro atoms. The minimum absolute atomic E-state index is 0.0394. The van der Waals surface area contributed by atoms with Crippen LogP contribution in [-0.2, 0) is 29.7 Å². The molecule has 0 unspecified atom stereocenters. The second kappa shape index (κ2) is 6.68. The molecule has 2 aromatic rings. The molecule has 0 N–H and O–H groups in total. The summed E-state index contributed by atoms with van der Waals surface area (Å²) < 4.78 is 41.1. The van der Waals surface area contributed by atoms with E-state index in [0.29, 0.717) is 24.0 Å². The molecule has 2 aliphatic rings. The number of hydrogen-bond acceptors (Lipinski definition) is 6. The quantitative estimate of drug-likeness (QED) is 0.715. The Morgan fingerprint density at radius 3 is 2.63 bits per heavy atom. The van der Waals surface area contributed by atoms with Gasteiger partial charge < -0.3 is 9.47 Å². The normalized spacial score (nSPS) is 17.6. The van der Waals surface area contributed by atoms with Crippen molar-refractivity contribution in [2.45, 2.75) is 37.4 Å². The number of nitrogens with zero attached hydrogens (tertiary/aromatic N) is 4. The van der Waals surface area contributed by atoms with Crippen molar-refractivity contribution < 1.29 is 17.9 Å². The number of ether oxygens (including phenoxy) is 2. The molecule has 0 bridgehead atoms. The lowest BCUT2D eigenvalue weighted by Crippen LogP contribution is -2.41. The van der Waals surface area contributed by atoms with Crippen molar-refractivity contribution in [2.24, 2.45) is 5.92 Å². The van der Waals surface area contributed by atoms with Gasteiger partial charge in [-0.1, -0.05) is 0 Å². The lowest BCUT2D eigenvalue weighted by atomic mass is 10.3. The van der Waals surface area contributed by atoms with Gasteiger partial charge in [0.1, 0.15) is 22.2 Å². The summed E-state index contributed by atoms with van der Waals surface area (Å²) in [6, 6.07) is 4.66. The summed E-state index contributed by atoms with van der Waals surface area (Å²) in [6.45, 7) is 1.14. The molecule has 1 fully saturated rings. The van der Waals surface area contributed by atoms with E-state index in [9.17, 15) is 13.2 Å². The summed E-state index contributed by atoms with van der Waals surface area (Å²) in [5.74, 6) is 1.66. The van der Waals surface area contributed by atoms with E-state index in [2.05, 4.69) is 5.10 Å². The molecule has 0 radical (unpaired) electrons. The zero-order valence-corrected chi connectivity index (χ0v) is 16.1. The van der Waals surface area contributed by atoms with Crippen LogP contribution in [0.4, 0.5) is 0 Å². The highest BCUT2D eigenvalue weighted by molar-refractivity contribution is 7.89. The fraction of sp³-hybridized carbons (Fsp3) is 0.529. The first-order valence-electron chi connectivity index (χ1n) is 8.82. The van der Waals surface area contributed by atoms with E-state index in [0.717, 1.165) is 12.8 Å². The van der Waals surface area contributed by atoms with E-state index >= 15 is 0 Å².